The van der Waals surface area contributed by atoms with E-state index in [0.29, 0.717) is 22.6 Å². The number of carboxylic acid groups (broad SMARTS) is 1. The van der Waals surface area contributed by atoms with Gasteiger partial charge in [0, 0.05) is 28.8 Å². The Bertz CT molecular complexity index is 1570. The number of halogens is 1. The fourth-order valence-corrected chi connectivity index (χ4v) is 4.38. The highest BCUT2D eigenvalue weighted by Crippen LogP contribution is 2.23. The normalized spacial score (nSPS) is 11.3. The molecule has 1 amide bonds. The van der Waals surface area contributed by atoms with Gasteiger partial charge in [-0.15, -0.1) is 0 Å². The number of ketones is 1. The number of nitrogens with zero attached hydrogens (tertiary/aromatic N) is 1. The first-order chi connectivity index (χ1) is 20.2. The molecule has 42 heavy (non-hydrogen) atoms. The van der Waals surface area contributed by atoms with E-state index in [0.717, 1.165) is 5.56 Å². The van der Waals surface area contributed by atoms with Crippen molar-refractivity contribution in [1.29, 1.82) is 0 Å². The molecular formula is C34H31FN2O5. The van der Waals surface area contributed by atoms with Gasteiger partial charge in [0.05, 0.1) is 12.2 Å². The Hall–Kier alpha value is -5.24. The minimum Gasteiger partial charge on any atom is -0.492 e. The number of amides is 1. The van der Waals surface area contributed by atoms with Crippen LogP contribution in [0.25, 0.3) is 0 Å². The van der Waals surface area contributed by atoms with E-state index in [1.807, 2.05) is 6.07 Å². The maximum atomic E-state index is 14.4. The second-order valence-corrected chi connectivity index (χ2v) is 9.66. The predicted octanol–water partition coefficient (Wildman–Crippen LogP) is 6.15. The Kier molecular flexibility index (Phi) is 9.84. The third-order valence-electron chi connectivity index (χ3n) is 6.54. The minimum absolute atomic E-state index is 0.0955. The van der Waals surface area contributed by atoms with E-state index in [1.165, 1.54) is 17.0 Å². The molecule has 0 heterocycles. The van der Waals surface area contributed by atoms with Crippen LogP contribution >= 0.6 is 0 Å². The van der Waals surface area contributed by atoms with Crippen LogP contribution in [0, 0.1) is 5.82 Å². The SMILES string of the molecule is C=C(C)C(=O)N(CCOc1ccc(CC(Nc2ccccc2C(=O)c2ccccc2)C(=O)O)cc1)c1ccccc1F. The zero-order chi connectivity index (χ0) is 30.1. The van der Waals surface area contributed by atoms with Gasteiger partial charge in [-0.3, -0.25) is 9.59 Å². The Balaban J connectivity index is 1.40. The molecule has 214 valence electrons. The highest BCUT2D eigenvalue weighted by molar-refractivity contribution is 6.12. The first-order valence-corrected chi connectivity index (χ1v) is 13.4. The molecule has 0 spiro atoms. The van der Waals surface area contributed by atoms with Crippen LogP contribution in [0.15, 0.2) is 115 Å². The zero-order valence-electron chi connectivity index (χ0n) is 23.1. The van der Waals surface area contributed by atoms with Gasteiger partial charge in [0.25, 0.3) is 5.91 Å². The average Bonchev–Trinajstić information content (AvgIpc) is 3.00. The van der Waals surface area contributed by atoms with Crippen molar-refractivity contribution < 1.29 is 28.6 Å². The number of carboxylic acids is 1. The van der Waals surface area contributed by atoms with Gasteiger partial charge in [0.15, 0.2) is 5.78 Å². The average molecular weight is 567 g/mol. The second-order valence-electron chi connectivity index (χ2n) is 9.66. The number of anilines is 2. The van der Waals surface area contributed by atoms with Gasteiger partial charge < -0.3 is 20.1 Å². The summed E-state index contributed by atoms with van der Waals surface area (Å²) in [6, 6.07) is 27.6. The van der Waals surface area contributed by atoms with Gasteiger partial charge in [0.2, 0.25) is 0 Å². The number of hydrogen-bond acceptors (Lipinski definition) is 5. The first kappa shape index (κ1) is 29.7. The van der Waals surface area contributed by atoms with E-state index >= 15 is 0 Å². The van der Waals surface area contributed by atoms with Crippen LogP contribution in [0.1, 0.15) is 28.4 Å². The van der Waals surface area contributed by atoms with Crippen molar-refractivity contribution >= 4 is 29.0 Å². The van der Waals surface area contributed by atoms with Crippen LogP contribution in [0.2, 0.25) is 0 Å². The summed E-state index contributed by atoms with van der Waals surface area (Å²) in [6.07, 6.45) is 0.150. The number of hydrogen-bond donors (Lipinski definition) is 2. The van der Waals surface area contributed by atoms with Crippen molar-refractivity contribution in [1.82, 2.24) is 0 Å². The molecule has 0 aliphatic heterocycles. The van der Waals surface area contributed by atoms with E-state index in [2.05, 4.69) is 11.9 Å². The molecule has 0 aliphatic rings. The lowest BCUT2D eigenvalue weighted by Crippen LogP contribution is -2.35. The first-order valence-electron chi connectivity index (χ1n) is 13.4. The largest absolute Gasteiger partial charge is 0.492 e. The van der Waals surface area contributed by atoms with Gasteiger partial charge in [0.1, 0.15) is 24.2 Å². The molecule has 0 aromatic heterocycles. The van der Waals surface area contributed by atoms with Crippen LogP contribution in [0.5, 0.6) is 5.75 Å². The molecule has 1 atom stereocenters. The fraction of sp³-hybridized carbons (Fsp3) is 0.147. The number of ether oxygens (including phenoxy) is 1. The number of para-hydroxylation sites is 2. The van der Waals surface area contributed by atoms with Crippen LogP contribution in [0.3, 0.4) is 0 Å². The van der Waals surface area contributed by atoms with Crippen LogP contribution < -0.4 is 15.0 Å². The van der Waals surface area contributed by atoms with Crippen molar-refractivity contribution in [2.24, 2.45) is 0 Å². The van der Waals surface area contributed by atoms with E-state index < -0.39 is 23.7 Å². The summed E-state index contributed by atoms with van der Waals surface area (Å²) in [4.78, 5) is 39.1. The van der Waals surface area contributed by atoms with Gasteiger partial charge in [-0.05, 0) is 48.9 Å². The molecule has 0 saturated heterocycles. The molecule has 4 rings (SSSR count). The van der Waals surface area contributed by atoms with Crippen molar-refractivity contribution in [3.8, 4) is 5.75 Å². The topological polar surface area (TPSA) is 95.9 Å². The lowest BCUT2D eigenvalue weighted by atomic mass is 10.00. The summed E-state index contributed by atoms with van der Waals surface area (Å²) >= 11 is 0. The monoisotopic (exact) mass is 566 g/mol. The number of benzene rings is 4. The van der Waals surface area contributed by atoms with E-state index in [4.69, 9.17) is 4.74 Å². The molecule has 7 nitrogen and oxygen atoms in total. The molecule has 4 aromatic carbocycles. The standard InChI is InChI=1S/C34H31FN2O5/c1-23(2)33(39)37(31-15-9-7-13-28(31)35)20-21-42-26-18-16-24(17-19-26)22-30(34(40)41)36-29-14-8-6-12-27(29)32(38)25-10-4-3-5-11-25/h3-19,30,36H,1,20-22H2,2H3,(H,40,41). The maximum Gasteiger partial charge on any atom is 0.326 e. The Morgan fingerprint density at radius 3 is 2.21 bits per heavy atom. The molecule has 2 N–H and O–H groups in total. The fourth-order valence-electron chi connectivity index (χ4n) is 4.38. The quantitative estimate of drug-likeness (QED) is 0.149. The van der Waals surface area contributed by atoms with Gasteiger partial charge in [-0.2, -0.15) is 0 Å². The van der Waals surface area contributed by atoms with Crippen molar-refractivity contribution in [3.63, 3.8) is 0 Å². The van der Waals surface area contributed by atoms with Gasteiger partial charge >= 0.3 is 5.97 Å². The van der Waals surface area contributed by atoms with Gasteiger partial charge in [-0.1, -0.05) is 73.3 Å². The second kappa shape index (κ2) is 13.9. The third-order valence-corrected chi connectivity index (χ3v) is 6.54. The zero-order valence-corrected chi connectivity index (χ0v) is 23.1. The van der Waals surface area contributed by atoms with Crippen molar-refractivity contribution in [2.75, 3.05) is 23.4 Å². The maximum absolute atomic E-state index is 14.4. The predicted molar refractivity (Wildman–Crippen MR) is 161 cm³/mol. The molecule has 0 fully saturated rings. The van der Waals surface area contributed by atoms with E-state index in [1.54, 1.807) is 91.9 Å². The number of nitrogens with one attached hydrogen (secondary N) is 1. The Morgan fingerprint density at radius 1 is 0.905 bits per heavy atom. The lowest BCUT2D eigenvalue weighted by molar-refractivity contribution is -0.137. The summed E-state index contributed by atoms with van der Waals surface area (Å²) in [5.41, 5.74) is 2.48. The number of carbonyl (C=O) groups excluding carboxylic acids is 2. The molecule has 0 bridgehead atoms. The van der Waals surface area contributed by atoms with Gasteiger partial charge in [-0.25, -0.2) is 9.18 Å². The van der Waals surface area contributed by atoms with E-state index in [-0.39, 0.29) is 36.6 Å². The summed E-state index contributed by atoms with van der Waals surface area (Å²) in [6.45, 7) is 5.44. The van der Waals surface area contributed by atoms with Crippen molar-refractivity contribution in [3.05, 3.63) is 138 Å². The smallest absolute Gasteiger partial charge is 0.326 e. The lowest BCUT2D eigenvalue weighted by Gasteiger charge is -2.23. The Labute approximate surface area is 243 Å². The molecule has 0 radical (unpaired) electrons. The van der Waals surface area contributed by atoms with Crippen LogP contribution in [0.4, 0.5) is 15.8 Å². The molecule has 8 heteroatoms. The highest BCUT2D eigenvalue weighted by Gasteiger charge is 2.22. The summed E-state index contributed by atoms with van der Waals surface area (Å²) in [5, 5.41) is 12.9. The Morgan fingerprint density at radius 2 is 1.55 bits per heavy atom. The van der Waals surface area contributed by atoms with Crippen molar-refractivity contribution in [2.45, 2.75) is 19.4 Å². The van der Waals surface area contributed by atoms with Crippen LogP contribution in [-0.4, -0.2) is 42.0 Å². The van der Waals surface area contributed by atoms with E-state index in [9.17, 15) is 23.9 Å². The molecular weight excluding hydrogens is 535 g/mol. The molecule has 0 aliphatic carbocycles. The summed E-state index contributed by atoms with van der Waals surface area (Å²) < 4.78 is 20.2. The highest BCUT2D eigenvalue weighted by atomic mass is 19.1. The molecule has 0 saturated carbocycles. The molecule has 4 aromatic rings. The van der Waals surface area contributed by atoms with Crippen LogP contribution in [-0.2, 0) is 16.0 Å². The number of rotatable bonds is 13. The molecule has 1 unspecified atom stereocenters. The third kappa shape index (κ3) is 7.48. The number of carbonyl (C=O) groups is 3. The summed E-state index contributed by atoms with van der Waals surface area (Å²) in [7, 11) is 0. The number of aliphatic carboxylic acids is 1. The summed E-state index contributed by atoms with van der Waals surface area (Å²) in [5.74, 6) is -1.69. The minimum atomic E-state index is -1.06.